The number of benzene rings is 2. The predicted octanol–water partition coefficient (Wildman–Crippen LogP) is 5.77. The fourth-order valence-corrected chi connectivity index (χ4v) is 6.73. The number of piperazine rings is 1. The summed E-state index contributed by atoms with van der Waals surface area (Å²) in [6.45, 7) is 5.17. The van der Waals surface area contributed by atoms with Crippen molar-refractivity contribution < 1.29 is 9.59 Å². The first-order chi connectivity index (χ1) is 17.4. The number of carbonyl (C=O) groups excluding carboxylic acids is 2. The van der Waals surface area contributed by atoms with Crippen LogP contribution in [0.15, 0.2) is 60.0 Å². The number of hydrogen-bond donors (Lipinski definition) is 0. The quantitative estimate of drug-likeness (QED) is 0.412. The molecule has 0 saturated carbocycles. The zero-order chi connectivity index (χ0) is 25.2. The maximum absolute atomic E-state index is 13.2. The lowest BCUT2D eigenvalue weighted by molar-refractivity contribution is -0.134. The van der Waals surface area contributed by atoms with Crippen molar-refractivity contribution in [2.75, 3.05) is 32.7 Å². The predicted molar refractivity (Wildman–Crippen MR) is 146 cm³/mol. The van der Waals surface area contributed by atoms with Crippen molar-refractivity contribution in [1.29, 1.82) is 0 Å². The molecule has 1 aromatic heterocycles. The number of carbonyl (C=O) groups is 2. The van der Waals surface area contributed by atoms with Crippen LogP contribution in [0.3, 0.4) is 0 Å². The van der Waals surface area contributed by atoms with Gasteiger partial charge in [0, 0.05) is 55.1 Å². The summed E-state index contributed by atoms with van der Waals surface area (Å²) in [6.07, 6.45) is 1.49. The summed E-state index contributed by atoms with van der Waals surface area (Å²) in [5.74, 6) is 0.0169. The van der Waals surface area contributed by atoms with Gasteiger partial charge >= 0.3 is 0 Å². The molecule has 8 heteroatoms. The van der Waals surface area contributed by atoms with Crippen LogP contribution in [0.4, 0.5) is 0 Å². The summed E-state index contributed by atoms with van der Waals surface area (Å²) < 4.78 is 0. The van der Waals surface area contributed by atoms with Crippen LogP contribution < -0.4 is 0 Å². The van der Waals surface area contributed by atoms with Gasteiger partial charge in [0.2, 0.25) is 5.91 Å². The number of thiophene rings is 1. The van der Waals surface area contributed by atoms with E-state index in [1.54, 1.807) is 23.1 Å². The molecule has 0 spiro atoms. The van der Waals surface area contributed by atoms with Gasteiger partial charge in [-0.2, -0.15) is 0 Å². The largest absolute Gasteiger partial charge is 0.339 e. The zero-order valence-corrected chi connectivity index (χ0v) is 22.5. The first kappa shape index (κ1) is 25.3. The Morgan fingerprint density at radius 2 is 1.83 bits per heavy atom. The lowest BCUT2D eigenvalue weighted by Gasteiger charge is -2.41. The van der Waals surface area contributed by atoms with Crippen LogP contribution in [-0.2, 0) is 11.2 Å². The Balaban J connectivity index is 1.21. The second-order valence-corrected chi connectivity index (χ2v) is 11.3. The first-order valence-electron chi connectivity index (χ1n) is 12.3. The molecule has 2 aromatic carbocycles. The van der Waals surface area contributed by atoms with E-state index in [2.05, 4.69) is 40.6 Å². The van der Waals surface area contributed by atoms with Gasteiger partial charge in [0.05, 0.1) is 16.6 Å². The molecule has 188 valence electrons. The van der Waals surface area contributed by atoms with Crippen LogP contribution in [0.2, 0.25) is 10.0 Å². The summed E-state index contributed by atoms with van der Waals surface area (Å²) in [6, 6.07) is 17.8. The van der Waals surface area contributed by atoms with Crippen LogP contribution in [0.25, 0.3) is 0 Å². The molecule has 3 heterocycles. The van der Waals surface area contributed by atoms with Crippen LogP contribution in [0.1, 0.15) is 45.7 Å². The molecule has 2 amide bonds. The second-order valence-electron chi connectivity index (χ2n) is 9.46. The molecule has 0 aliphatic carbocycles. The number of hydrogen-bond acceptors (Lipinski definition) is 4. The number of halogens is 2. The normalized spacial score (nSPS) is 20.3. The van der Waals surface area contributed by atoms with Gasteiger partial charge in [0.1, 0.15) is 0 Å². The van der Waals surface area contributed by atoms with Crippen molar-refractivity contribution in [3.05, 3.63) is 91.6 Å². The van der Waals surface area contributed by atoms with E-state index < -0.39 is 0 Å². The van der Waals surface area contributed by atoms with E-state index in [0.717, 1.165) is 13.0 Å². The highest BCUT2D eigenvalue weighted by Gasteiger charge is 2.33. The van der Waals surface area contributed by atoms with Crippen molar-refractivity contribution in [2.45, 2.75) is 31.8 Å². The molecule has 0 radical (unpaired) electrons. The van der Waals surface area contributed by atoms with E-state index in [9.17, 15) is 9.59 Å². The van der Waals surface area contributed by atoms with Crippen LogP contribution >= 0.6 is 34.5 Å². The summed E-state index contributed by atoms with van der Waals surface area (Å²) in [7, 11) is 0. The molecule has 2 aliphatic heterocycles. The Kier molecular flexibility index (Phi) is 7.68. The van der Waals surface area contributed by atoms with Gasteiger partial charge in [0.25, 0.3) is 5.91 Å². The number of nitrogens with zero attached hydrogens (tertiary/aromatic N) is 3. The second kappa shape index (κ2) is 10.9. The molecular formula is C28H29Cl2N3O2S. The molecule has 0 bridgehead atoms. The molecule has 2 atom stereocenters. The van der Waals surface area contributed by atoms with Crippen molar-refractivity contribution >= 4 is 46.4 Å². The maximum atomic E-state index is 13.2. The monoisotopic (exact) mass is 541 g/mol. The Bertz CT molecular complexity index is 1250. The minimum atomic E-state index is -0.123. The van der Waals surface area contributed by atoms with Gasteiger partial charge < -0.3 is 9.80 Å². The van der Waals surface area contributed by atoms with Gasteiger partial charge in [-0.1, -0.05) is 53.5 Å². The average Bonchev–Trinajstić information content (AvgIpc) is 3.36. The summed E-state index contributed by atoms with van der Waals surface area (Å²) >= 11 is 14.1. The first-order valence-corrected chi connectivity index (χ1v) is 13.9. The lowest BCUT2D eigenvalue weighted by atomic mass is 9.93. The van der Waals surface area contributed by atoms with Crippen molar-refractivity contribution in [3.8, 4) is 0 Å². The third kappa shape index (κ3) is 5.18. The molecule has 5 nitrogen and oxygen atoms in total. The lowest BCUT2D eigenvalue weighted by Crippen LogP contribution is -2.55. The number of rotatable bonds is 5. The van der Waals surface area contributed by atoms with E-state index in [-0.39, 0.29) is 23.9 Å². The van der Waals surface area contributed by atoms with E-state index in [1.807, 2.05) is 29.2 Å². The third-order valence-electron chi connectivity index (χ3n) is 7.20. The summed E-state index contributed by atoms with van der Waals surface area (Å²) in [4.78, 5) is 33.9. The molecule has 36 heavy (non-hydrogen) atoms. The standard InChI is InChI=1S/C28H29Cl2N3O2S/c1-19-18-32(14-15-33(19)28(35)22-8-7-21(29)17-24(22)30)26(34)10-13-31-12-9-25-23(11-16-36-25)27(31)20-5-3-2-4-6-20/h2-8,11,16-17,19,27H,9-10,12-15,18H2,1H3/t19-,27+/m0/s1. The summed E-state index contributed by atoms with van der Waals surface area (Å²) in [5, 5.41) is 3.02. The van der Waals surface area contributed by atoms with Gasteiger partial charge in [0.15, 0.2) is 0 Å². The Hall–Kier alpha value is -2.38. The Labute approximate surface area is 226 Å². The van der Waals surface area contributed by atoms with E-state index in [0.29, 0.717) is 48.2 Å². The van der Waals surface area contributed by atoms with E-state index >= 15 is 0 Å². The molecule has 1 fully saturated rings. The smallest absolute Gasteiger partial charge is 0.255 e. The minimum Gasteiger partial charge on any atom is -0.339 e. The van der Waals surface area contributed by atoms with Crippen LogP contribution in [-0.4, -0.2) is 65.3 Å². The van der Waals surface area contributed by atoms with Crippen molar-refractivity contribution in [2.24, 2.45) is 0 Å². The molecular weight excluding hydrogens is 513 g/mol. The Morgan fingerprint density at radius 3 is 2.58 bits per heavy atom. The van der Waals surface area contributed by atoms with Gasteiger partial charge in [-0.25, -0.2) is 0 Å². The van der Waals surface area contributed by atoms with E-state index in [1.165, 1.54) is 16.0 Å². The van der Waals surface area contributed by atoms with Gasteiger partial charge in [-0.05, 0) is 54.1 Å². The number of amides is 2. The topological polar surface area (TPSA) is 43.9 Å². The molecule has 0 N–H and O–H groups in total. The maximum Gasteiger partial charge on any atom is 0.255 e. The van der Waals surface area contributed by atoms with E-state index in [4.69, 9.17) is 23.2 Å². The number of fused-ring (bicyclic) bond motifs is 1. The zero-order valence-electron chi connectivity index (χ0n) is 20.2. The van der Waals surface area contributed by atoms with Crippen LogP contribution in [0.5, 0.6) is 0 Å². The minimum absolute atomic E-state index is 0.0950. The highest BCUT2D eigenvalue weighted by atomic mass is 35.5. The van der Waals surface area contributed by atoms with Gasteiger partial charge in [-0.3, -0.25) is 14.5 Å². The summed E-state index contributed by atoms with van der Waals surface area (Å²) in [5.41, 5.74) is 3.08. The third-order valence-corrected chi connectivity index (χ3v) is 8.74. The highest BCUT2D eigenvalue weighted by Crippen LogP contribution is 2.37. The fourth-order valence-electron chi connectivity index (χ4n) is 5.34. The molecule has 2 aliphatic rings. The highest BCUT2D eigenvalue weighted by molar-refractivity contribution is 7.10. The molecule has 3 aromatic rings. The molecule has 1 saturated heterocycles. The SMILES string of the molecule is C[C@H]1CN(C(=O)CCN2CCc3sccc3[C@H]2c2ccccc2)CCN1C(=O)c1ccc(Cl)cc1Cl. The Morgan fingerprint density at radius 1 is 1.03 bits per heavy atom. The fraction of sp³-hybridized carbons (Fsp3) is 0.357. The van der Waals surface area contributed by atoms with Crippen molar-refractivity contribution in [1.82, 2.24) is 14.7 Å². The average molecular weight is 543 g/mol. The molecule has 5 rings (SSSR count). The molecule has 0 unspecified atom stereocenters. The van der Waals surface area contributed by atoms with Crippen LogP contribution in [0, 0.1) is 0 Å². The van der Waals surface area contributed by atoms with Gasteiger partial charge in [-0.15, -0.1) is 11.3 Å². The van der Waals surface area contributed by atoms with Crippen molar-refractivity contribution in [3.63, 3.8) is 0 Å².